The first-order valence-electron chi connectivity index (χ1n) is 23.4. The first kappa shape index (κ1) is 40.2. The van der Waals surface area contributed by atoms with Gasteiger partial charge in [0.1, 0.15) is 0 Å². The van der Waals surface area contributed by atoms with E-state index in [-0.39, 0.29) is 0 Å². The van der Waals surface area contributed by atoms with E-state index >= 15 is 0 Å². The summed E-state index contributed by atoms with van der Waals surface area (Å²) in [5.74, 6) is 3.45. The maximum Gasteiger partial charge on any atom is 0.178 e. The van der Waals surface area contributed by atoms with Gasteiger partial charge in [0.15, 0.2) is 28.8 Å². The molecule has 11 aromatic rings. The summed E-state index contributed by atoms with van der Waals surface area (Å²) in [5.41, 5.74) is 17.8. The highest BCUT2D eigenvalue weighted by Gasteiger charge is 2.48. The molecule has 4 heteroatoms. The van der Waals surface area contributed by atoms with Crippen molar-refractivity contribution in [3.05, 3.63) is 277 Å². The molecule has 324 valence electrons. The van der Waals surface area contributed by atoms with Crippen molar-refractivity contribution in [2.24, 2.45) is 0 Å². The minimum Gasteiger partial charge on any atom is -0.449 e. The molecule has 0 fully saturated rings. The lowest BCUT2D eigenvalue weighted by atomic mass is 9.68. The lowest BCUT2D eigenvalue weighted by Gasteiger charge is -2.34. The van der Waals surface area contributed by atoms with E-state index in [0.29, 0.717) is 23.1 Å². The molecule has 69 heavy (non-hydrogen) atoms. The molecule has 0 bridgehead atoms. The molecule has 0 radical (unpaired) electrons. The van der Waals surface area contributed by atoms with Gasteiger partial charge in [-0.1, -0.05) is 218 Å². The fourth-order valence-electron chi connectivity index (χ4n) is 10.4. The molecular formula is C65H42N2O2. The number of hydrogen-bond donors (Lipinski definition) is 0. The Morgan fingerprint density at radius 3 is 1.43 bits per heavy atom. The minimum absolute atomic E-state index is 0.529. The number of benzene rings is 10. The summed E-state index contributed by atoms with van der Waals surface area (Å²) in [6.45, 7) is 0. The van der Waals surface area contributed by atoms with Crippen LogP contribution in [0.3, 0.4) is 0 Å². The van der Waals surface area contributed by atoms with Crippen LogP contribution in [0.4, 0.5) is 0 Å². The Morgan fingerprint density at radius 1 is 0.290 bits per heavy atom. The van der Waals surface area contributed by atoms with Crippen LogP contribution in [-0.2, 0) is 5.41 Å². The van der Waals surface area contributed by atoms with Crippen LogP contribution in [0.2, 0.25) is 0 Å². The minimum atomic E-state index is -0.529. The Labute approximate surface area is 401 Å². The van der Waals surface area contributed by atoms with Crippen molar-refractivity contribution < 1.29 is 9.47 Å². The van der Waals surface area contributed by atoms with Crippen LogP contribution in [0.5, 0.6) is 23.0 Å². The molecule has 0 saturated carbocycles. The average molecular weight is 883 g/mol. The van der Waals surface area contributed by atoms with Gasteiger partial charge in [-0.05, 0) is 97.6 Å². The highest BCUT2D eigenvalue weighted by atomic mass is 16.6. The molecular weight excluding hydrogens is 841 g/mol. The van der Waals surface area contributed by atoms with Crippen LogP contribution in [-0.4, -0.2) is 9.97 Å². The molecule has 0 N–H and O–H groups in total. The van der Waals surface area contributed by atoms with E-state index in [0.717, 1.165) is 78.3 Å². The lowest BCUT2D eigenvalue weighted by molar-refractivity contribution is 0.360. The highest BCUT2D eigenvalue weighted by molar-refractivity contribution is 5.92. The Balaban J connectivity index is 0.851. The van der Waals surface area contributed by atoms with Crippen molar-refractivity contribution in [2.45, 2.75) is 5.41 Å². The van der Waals surface area contributed by atoms with Crippen molar-refractivity contribution >= 4 is 0 Å². The van der Waals surface area contributed by atoms with Crippen molar-refractivity contribution in [3.8, 4) is 101 Å². The Kier molecular flexibility index (Phi) is 9.69. The maximum absolute atomic E-state index is 6.93. The predicted molar refractivity (Wildman–Crippen MR) is 279 cm³/mol. The first-order valence-corrected chi connectivity index (χ1v) is 23.4. The number of ether oxygens (including phenoxy) is 2. The average Bonchev–Trinajstić information content (AvgIpc) is 3.75. The Hall–Kier alpha value is -9.12. The van der Waals surface area contributed by atoms with Gasteiger partial charge in [0, 0.05) is 22.3 Å². The fraction of sp³-hybridized carbons (Fsp3) is 0.0154. The molecule has 10 aromatic carbocycles. The molecule has 2 heterocycles. The number of aromatic nitrogens is 2. The Bertz CT molecular complexity index is 3560. The molecule has 0 atom stereocenters. The molecule has 1 aliphatic heterocycles. The standard InChI is InChI=1S/C65H42N2O2/c1-5-17-43(18-6-1)47-21-15-23-50(39-47)58-42-57(66-64(67-58)51-24-16-22-48(40-51)44-19-7-2-8-20-44)46-33-31-45(32-34-46)49-35-37-59-61(41-49)68-60-38-36-56-62(63(60)69-59)54-29-13-14-30-55(54)65(56,52-25-9-3-10-26-52)53-27-11-4-12-28-53/h1-42H. The van der Waals surface area contributed by atoms with Gasteiger partial charge < -0.3 is 9.47 Å². The second-order valence-electron chi connectivity index (χ2n) is 17.6. The van der Waals surface area contributed by atoms with E-state index in [1.54, 1.807) is 0 Å². The van der Waals surface area contributed by atoms with Crippen LogP contribution in [0.15, 0.2) is 255 Å². The first-order chi connectivity index (χ1) is 34.2. The number of rotatable bonds is 8. The fourth-order valence-corrected chi connectivity index (χ4v) is 10.4. The molecule has 0 amide bonds. The van der Waals surface area contributed by atoms with Crippen LogP contribution >= 0.6 is 0 Å². The van der Waals surface area contributed by atoms with Gasteiger partial charge in [-0.3, -0.25) is 0 Å². The van der Waals surface area contributed by atoms with Crippen molar-refractivity contribution in [1.29, 1.82) is 0 Å². The third kappa shape index (κ3) is 6.92. The molecule has 0 saturated heterocycles. The van der Waals surface area contributed by atoms with Gasteiger partial charge >= 0.3 is 0 Å². The number of nitrogens with zero attached hydrogens (tertiary/aromatic N) is 2. The molecule has 1 aromatic heterocycles. The summed E-state index contributed by atoms with van der Waals surface area (Å²) in [4.78, 5) is 10.4. The van der Waals surface area contributed by atoms with Crippen LogP contribution in [0.1, 0.15) is 22.3 Å². The SMILES string of the molecule is c1ccc(-c2cccc(-c3cc(-c4ccc(-c5ccc6c(c5)Oc5ccc7c(c5O6)-c5ccccc5C7(c5ccccc5)c5ccccc5)cc4)nc(-c4cccc(-c5ccccc5)c4)n3)c2)cc1. The quantitative estimate of drug-likeness (QED) is 0.152. The van der Waals surface area contributed by atoms with Gasteiger partial charge in [0.05, 0.1) is 16.8 Å². The molecule has 13 rings (SSSR count). The third-order valence-electron chi connectivity index (χ3n) is 13.6. The zero-order valence-corrected chi connectivity index (χ0v) is 37.5. The van der Waals surface area contributed by atoms with E-state index in [4.69, 9.17) is 19.4 Å². The summed E-state index contributed by atoms with van der Waals surface area (Å²) in [6, 6.07) is 89.5. The summed E-state index contributed by atoms with van der Waals surface area (Å²) >= 11 is 0. The normalized spacial score (nSPS) is 12.7. The van der Waals surface area contributed by atoms with E-state index in [1.807, 2.05) is 18.2 Å². The smallest absolute Gasteiger partial charge is 0.178 e. The third-order valence-corrected chi connectivity index (χ3v) is 13.6. The summed E-state index contributed by atoms with van der Waals surface area (Å²) in [6.07, 6.45) is 0. The second kappa shape index (κ2) is 16.6. The van der Waals surface area contributed by atoms with E-state index < -0.39 is 5.41 Å². The molecule has 2 aliphatic rings. The number of fused-ring (bicyclic) bond motifs is 6. The number of hydrogen-bond acceptors (Lipinski definition) is 4. The van der Waals surface area contributed by atoms with Gasteiger partial charge in [-0.15, -0.1) is 0 Å². The van der Waals surface area contributed by atoms with Gasteiger partial charge in [-0.2, -0.15) is 0 Å². The van der Waals surface area contributed by atoms with E-state index in [9.17, 15) is 0 Å². The zero-order valence-electron chi connectivity index (χ0n) is 37.5. The van der Waals surface area contributed by atoms with Crippen molar-refractivity contribution in [1.82, 2.24) is 9.97 Å². The van der Waals surface area contributed by atoms with Crippen molar-refractivity contribution in [2.75, 3.05) is 0 Å². The van der Waals surface area contributed by atoms with Gasteiger partial charge in [0.25, 0.3) is 0 Å². The van der Waals surface area contributed by atoms with Gasteiger partial charge in [0.2, 0.25) is 0 Å². The molecule has 0 spiro atoms. The van der Waals surface area contributed by atoms with Crippen LogP contribution < -0.4 is 9.47 Å². The van der Waals surface area contributed by atoms with Crippen LogP contribution in [0.25, 0.3) is 78.4 Å². The van der Waals surface area contributed by atoms with Crippen LogP contribution in [0, 0.1) is 0 Å². The largest absolute Gasteiger partial charge is 0.449 e. The van der Waals surface area contributed by atoms with Gasteiger partial charge in [-0.25, -0.2) is 9.97 Å². The highest BCUT2D eigenvalue weighted by Crippen LogP contribution is 2.62. The second-order valence-corrected chi connectivity index (χ2v) is 17.6. The lowest BCUT2D eigenvalue weighted by Crippen LogP contribution is -2.28. The molecule has 1 aliphatic carbocycles. The summed E-state index contributed by atoms with van der Waals surface area (Å²) in [7, 11) is 0. The summed E-state index contributed by atoms with van der Waals surface area (Å²) in [5, 5.41) is 0. The van der Waals surface area contributed by atoms with Crippen molar-refractivity contribution in [3.63, 3.8) is 0 Å². The monoisotopic (exact) mass is 882 g/mol. The summed E-state index contributed by atoms with van der Waals surface area (Å²) < 4.78 is 13.7. The zero-order chi connectivity index (χ0) is 45.7. The predicted octanol–water partition coefficient (Wildman–Crippen LogP) is 16.7. The van der Waals surface area contributed by atoms with E-state index in [2.05, 4.69) is 237 Å². The Morgan fingerprint density at radius 2 is 0.768 bits per heavy atom. The maximum atomic E-state index is 6.93. The topological polar surface area (TPSA) is 44.2 Å². The molecule has 0 unspecified atom stereocenters. The van der Waals surface area contributed by atoms with E-state index in [1.165, 1.54) is 22.3 Å². The molecule has 4 nitrogen and oxygen atoms in total.